The smallest absolute Gasteiger partial charge is 0.262 e. The molecule has 1 aliphatic heterocycles. The highest BCUT2D eigenvalue weighted by molar-refractivity contribution is 7.92. The minimum Gasteiger partial charge on any atom is -0.381 e. The minimum absolute atomic E-state index is 0.0323. The van der Waals surface area contributed by atoms with Gasteiger partial charge in [0.2, 0.25) is 5.91 Å². The maximum absolute atomic E-state index is 12.6. The number of nitrogens with zero attached hydrogens (tertiary/aromatic N) is 1. The van der Waals surface area contributed by atoms with Crippen LogP contribution in [0.2, 0.25) is 0 Å². The summed E-state index contributed by atoms with van der Waals surface area (Å²) in [5.74, 6) is -0.0323. The molecule has 0 saturated carbocycles. The van der Waals surface area contributed by atoms with E-state index in [0.29, 0.717) is 24.5 Å². The highest BCUT2D eigenvalue weighted by Gasteiger charge is 2.25. The van der Waals surface area contributed by atoms with Crippen molar-refractivity contribution in [3.05, 3.63) is 54.1 Å². The second-order valence-corrected chi connectivity index (χ2v) is 8.30. The summed E-state index contributed by atoms with van der Waals surface area (Å²) >= 11 is 0. The second kappa shape index (κ2) is 8.10. The predicted octanol–water partition coefficient (Wildman–Crippen LogP) is 3.33. The van der Waals surface area contributed by atoms with Crippen molar-refractivity contribution in [3.63, 3.8) is 0 Å². The molecule has 3 rings (SSSR count). The minimum atomic E-state index is -3.66. The molecule has 7 heteroatoms. The molecule has 1 heterocycles. The Morgan fingerprint density at radius 1 is 1.07 bits per heavy atom. The Balaban J connectivity index is 1.80. The van der Waals surface area contributed by atoms with Crippen molar-refractivity contribution < 1.29 is 17.9 Å². The largest absolute Gasteiger partial charge is 0.381 e. The van der Waals surface area contributed by atoms with Gasteiger partial charge in [-0.15, -0.1) is 0 Å². The topological polar surface area (TPSA) is 75.7 Å². The van der Waals surface area contributed by atoms with E-state index < -0.39 is 10.0 Å². The Labute approximate surface area is 160 Å². The maximum atomic E-state index is 12.6. The third-order valence-corrected chi connectivity index (χ3v) is 6.22. The lowest BCUT2D eigenvalue weighted by molar-refractivity contribution is -0.117. The van der Waals surface area contributed by atoms with E-state index in [0.717, 1.165) is 18.5 Å². The number of benzene rings is 2. The van der Waals surface area contributed by atoms with Crippen molar-refractivity contribution in [2.75, 3.05) is 22.8 Å². The van der Waals surface area contributed by atoms with Gasteiger partial charge in [0.05, 0.1) is 4.90 Å². The summed E-state index contributed by atoms with van der Waals surface area (Å²) in [6.07, 6.45) is 1.59. The summed E-state index contributed by atoms with van der Waals surface area (Å²) in [5.41, 5.74) is 1.90. The Morgan fingerprint density at radius 2 is 1.70 bits per heavy atom. The highest BCUT2D eigenvalue weighted by Crippen LogP contribution is 2.26. The molecule has 144 valence electrons. The summed E-state index contributed by atoms with van der Waals surface area (Å²) < 4.78 is 33.2. The molecule has 0 radical (unpaired) electrons. The monoisotopic (exact) mass is 388 g/mol. The van der Waals surface area contributed by atoms with Gasteiger partial charge in [-0.05, 0) is 55.7 Å². The fourth-order valence-corrected chi connectivity index (χ4v) is 4.66. The summed E-state index contributed by atoms with van der Waals surface area (Å²) in [4.78, 5) is 14.2. The number of anilines is 2. The number of sulfonamides is 1. The van der Waals surface area contributed by atoms with E-state index in [9.17, 15) is 13.2 Å². The molecule has 1 amide bonds. The molecule has 1 saturated heterocycles. The van der Waals surface area contributed by atoms with Crippen LogP contribution in [0.3, 0.4) is 0 Å². The van der Waals surface area contributed by atoms with Gasteiger partial charge in [0.1, 0.15) is 0 Å². The standard InChI is InChI=1S/C20H24N2O4S/c1-15-5-3-4-6-20(15)27(24,25)21-17-7-9-18(10-8-17)22(16(2)23)19-11-13-26-14-12-19/h3-10,19,21H,11-14H2,1-2H3. The molecular weight excluding hydrogens is 364 g/mol. The van der Waals surface area contributed by atoms with Gasteiger partial charge >= 0.3 is 0 Å². The van der Waals surface area contributed by atoms with Gasteiger partial charge in [0.15, 0.2) is 0 Å². The molecular formula is C20H24N2O4S. The summed E-state index contributed by atoms with van der Waals surface area (Å²) in [6.45, 7) is 4.59. The van der Waals surface area contributed by atoms with Crippen LogP contribution in [0.4, 0.5) is 11.4 Å². The molecule has 0 aromatic heterocycles. The van der Waals surface area contributed by atoms with E-state index in [1.165, 1.54) is 0 Å². The van der Waals surface area contributed by atoms with Crippen LogP contribution in [0.15, 0.2) is 53.4 Å². The average molecular weight is 388 g/mol. The zero-order valence-corrected chi connectivity index (χ0v) is 16.3. The second-order valence-electron chi connectivity index (χ2n) is 6.65. The first-order chi connectivity index (χ1) is 12.9. The molecule has 1 fully saturated rings. The predicted molar refractivity (Wildman–Crippen MR) is 105 cm³/mol. The molecule has 2 aromatic rings. The number of ether oxygens (including phenoxy) is 1. The molecule has 2 aromatic carbocycles. The molecule has 0 atom stereocenters. The fourth-order valence-electron chi connectivity index (χ4n) is 3.35. The first kappa shape index (κ1) is 19.4. The lowest BCUT2D eigenvalue weighted by atomic mass is 10.1. The number of carbonyl (C=O) groups excluding carboxylic acids is 1. The van der Waals surface area contributed by atoms with Crippen LogP contribution < -0.4 is 9.62 Å². The van der Waals surface area contributed by atoms with Crippen molar-refractivity contribution in [1.29, 1.82) is 0 Å². The van der Waals surface area contributed by atoms with Crippen molar-refractivity contribution in [2.24, 2.45) is 0 Å². The van der Waals surface area contributed by atoms with Crippen LogP contribution in [0.1, 0.15) is 25.3 Å². The summed E-state index contributed by atoms with van der Waals surface area (Å²) in [6, 6.07) is 13.8. The van der Waals surface area contributed by atoms with Gasteiger partial charge in [0, 0.05) is 37.6 Å². The fraction of sp³-hybridized carbons (Fsp3) is 0.350. The third-order valence-electron chi connectivity index (χ3n) is 4.68. The highest BCUT2D eigenvalue weighted by atomic mass is 32.2. The van der Waals surface area contributed by atoms with Gasteiger partial charge in [-0.3, -0.25) is 9.52 Å². The Morgan fingerprint density at radius 3 is 2.30 bits per heavy atom. The molecule has 6 nitrogen and oxygen atoms in total. The number of hydrogen-bond acceptors (Lipinski definition) is 4. The zero-order chi connectivity index (χ0) is 19.4. The van der Waals surface area contributed by atoms with E-state index in [1.54, 1.807) is 67.3 Å². The van der Waals surface area contributed by atoms with Crippen LogP contribution >= 0.6 is 0 Å². The van der Waals surface area contributed by atoms with Crippen molar-refractivity contribution >= 4 is 27.3 Å². The average Bonchev–Trinajstić information content (AvgIpc) is 2.64. The van der Waals surface area contributed by atoms with Gasteiger partial charge in [-0.2, -0.15) is 0 Å². The summed E-state index contributed by atoms with van der Waals surface area (Å²) in [5, 5.41) is 0. The van der Waals surface area contributed by atoms with Gasteiger partial charge in [-0.25, -0.2) is 8.42 Å². The molecule has 0 spiro atoms. The van der Waals surface area contributed by atoms with Gasteiger partial charge < -0.3 is 9.64 Å². The van der Waals surface area contributed by atoms with Crippen molar-refractivity contribution in [1.82, 2.24) is 0 Å². The van der Waals surface area contributed by atoms with Crippen LogP contribution in [0, 0.1) is 6.92 Å². The number of rotatable bonds is 5. The Bertz CT molecular complexity index is 904. The van der Waals surface area contributed by atoms with Gasteiger partial charge in [0.25, 0.3) is 10.0 Å². The maximum Gasteiger partial charge on any atom is 0.262 e. The molecule has 27 heavy (non-hydrogen) atoms. The van der Waals surface area contributed by atoms with E-state index in [-0.39, 0.29) is 16.8 Å². The first-order valence-corrected chi connectivity index (χ1v) is 10.4. The first-order valence-electron chi connectivity index (χ1n) is 8.94. The zero-order valence-electron chi connectivity index (χ0n) is 15.5. The number of amides is 1. The molecule has 1 aliphatic rings. The van der Waals surface area contributed by atoms with Crippen molar-refractivity contribution in [3.8, 4) is 0 Å². The SMILES string of the molecule is CC(=O)N(c1ccc(NS(=O)(=O)c2ccccc2C)cc1)C1CCOCC1. The van der Waals surface area contributed by atoms with E-state index in [1.807, 2.05) is 0 Å². The summed E-state index contributed by atoms with van der Waals surface area (Å²) in [7, 11) is -3.66. The number of aryl methyl sites for hydroxylation is 1. The van der Waals surface area contributed by atoms with Crippen LogP contribution in [0.5, 0.6) is 0 Å². The number of hydrogen-bond donors (Lipinski definition) is 1. The quantitative estimate of drug-likeness (QED) is 0.852. The Kier molecular flexibility index (Phi) is 5.82. The third kappa shape index (κ3) is 4.48. The molecule has 1 N–H and O–H groups in total. The van der Waals surface area contributed by atoms with Crippen LogP contribution in [-0.4, -0.2) is 33.6 Å². The lowest BCUT2D eigenvalue weighted by Crippen LogP contribution is -2.42. The molecule has 0 bridgehead atoms. The number of nitrogens with one attached hydrogen (secondary N) is 1. The lowest BCUT2D eigenvalue weighted by Gasteiger charge is -2.33. The van der Waals surface area contributed by atoms with Crippen LogP contribution in [-0.2, 0) is 19.6 Å². The molecule has 0 aliphatic carbocycles. The normalized spacial score (nSPS) is 15.3. The van der Waals surface area contributed by atoms with E-state index in [2.05, 4.69) is 4.72 Å². The number of carbonyl (C=O) groups is 1. The van der Waals surface area contributed by atoms with Gasteiger partial charge in [-0.1, -0.05) is 18.2 Å². The molecule has 0 unspecified atom stereocenters. The Hall–Kier alpha value is -2.38. The van der Waals surface area contributed by atoms with Crippen LogP contribution in [0.25, 0.3) is 0 Å². The van der Waals surface area contributed by atoms with E-state index in [4.69, 9.17) is 4.74 Å². The van der Waals surface area contributed by atoms with E-state index >= 15 is 0 Å². The van der Waals surface area contributed by atoms with Crippen molar-refractivity contribution in [2.45, 2.75) is 37.6 Å².